The van der Waals surface area contributed by atoms with Gasteiger partial charge in [-0.15, -0.1) is 0 Å². The van der Waals surface area contributed by atoms with E-state index < -0.39 is 5.92 Å². The summed E-state index contributed by atoms with van der Waals surface area (Å²) in [6.45, 7) is 4.12. The predicted octanol–water partition coefficient (Wildman–Crippen LogP) is 2.10. The van der Waals surface area contributed by atoms with Gasteiger partial charge in [0.1, 0.15) is 5.70 Å². The van der Waals surface area contributed by atoms with Gasteiger partial charge in [0.2, 0.25) is 0 Å². The van der Waals surface area contributed by atoms with Gasteiger partial charge < -0.3 is 11.2 Å². The van der Waals surface area contributed by atoms with Crippen LogP contribution < -0.4 is 17.0 Å². The van der Waals surface area contributed by atoms with E-state index in [1.807, 2.05) is 0 Å². The topological polar surface area (TPSA) is 64.1 Å². The summed E-state index contributed by atoms with van der Waals surface area (Å²) in [6.07, 6.45) is 1.67. The molecule has 1 aliphatic carbocycles. The lowest BCUT2D eigenvalue weighted by Crippen LogP contribution is -2.38. The summed E-state index contributed by atoms with van der Waals surface area (Å²) in [5.41, 5.74) is 7.61. The molecular formula is C11H21F2N3. The Bertz CT molecular complexity index is 274. The van der Waals surface area contributed by atoms with E-state index in [0.29, 0.717) is 24.7 Å². The number of allylic oxidation sites excluding steroid dienone is 2. The first-order chi connectivity index (χ1) is 7.38. The van der Waals surface area contributed by atoms with Gasteiger partial charge in [0.25, 0.3) is 5.92 Å². The molecule has 0 spiro atoms. The summed E-state index contributed by atoms with van der Waals surface area (Å²) in [5, 5.41) is 0. The maximum Gasteiger partial charge on any atom is 0.290 e. The SMILES string of the molecule is CC(C)C1CC/C(N)=C(/NN)C(F)(F)CC1. The molecular weight excluding hydrogens is 212 g/mol. The lowest BCUT2D eigenvalue weighted by Gasteiger charge is -2.29. The highest BCUT2D eigenvalue weighted by Crippen LogP contribution is 2.36. The zero-order valence-corrected chi connectivity index (χ0v) is 9.89. The van der Waals surface area contributed by atoms with E-state index in [2.05, 4.69) is 19.3 Å². The number of nitrogens with two attached hydrogens (primary N) is 2. The molecule has 0 aliphatic heterocycles. The van der Waals surface area contributed by atoms with Gasteiger partial charge in [0, 0.05) is 12.1 Å². The maximum absolute atomic E-state index is 13.7. The number of alkyl halides is 2. The van der Waals surface area contributed by atoms with Crippen molar-refractivity contribution in [2.24, 2.45) is 23.4 Å². The van der Waals surface area contributed by atoms with Crippen LogP contribution in [0.3, 0.4) is 0 Å². The molecule has 16 heavy (non-hydrogen) atoms. The molecule has 1 aliphatic rings. The summed E-state index contributed by atoms with van der Waals surface area (Å²) < 4.78 is 27.4. The van der Waals surface area contributed by atoms with Crippen LogP contribution in [-0.2, 0) is 0 Å². The Labute approximate surface area is 95.2 Å². The van der Waals surface area contributed by atoms with E-state index in [4.69, 9.17) is 11.6 Å². The first-order valence-corrected chi connectivity index (χ1v) is 5.72. The third-order valence-electron chi connectivity index (χ3n) is 3.39. The standard InChI is InChI=1S/C11H21F2N3/c1-7(2)8-3-4-9(14)10(16-15)11(12,13)6-5-8/h7-8,16H,3-6,14-15H2,1-2H3/b10-9-. The predicted molar refractivity (Wildman–Crippen MR) is 60.3 cm³/mol. The summed E-state index contributed by atoms with van der Waals surface area (Å²) in [7, 11) is 0. The molecule has 0 aromatic carbocycles. The van der Waals surface area contributed by atoms with Crippen LogP contribution in [0.5, 0.6) is 0 Å². The Kier molecular flexibility index (Phi) is 4.13. The number of hydrazine groups is 1. The van der Waals surface area contributed by atoms with Crippen molar-refractivity contribution >= 4 is 0 Å². The number of nitrogens with one attached hydrogen (secondary N) is 1. The Hall–Kier alpha value is -0.840. The molecule has 0 fully saturated rings. The van der Waals surface area contributed by atoms with Crippen LogP contribution in [0.4, 0.5) is 8.78 Å². The zero-order valence-electron chi connectivity index (χ0n) is 9.89. The quantitative estimate of drug-likeness (QED) is 0.505. The summed E-state index contributed by atoms with van der Waals surface area (Å²) in [4.78, 5) is 0. The fourth-order valence-corrected chi connectivity index (χ4v) is 2.20. The lowest BCUT2D eigenvalue weighted by atomic mass is 9.83. The van der Waals surface area contributed by atoms with Crippen LogP contribution in [0.15, 0.2) is 11.4 Å². The molecule has 5 heteroatoms. The van der Waals surface area contributed by atoms with Crippen molar-refractivity contribution in [2.75, 3.05) is 0 Å². The third-order valence-corrected chi connectivity index (χ3v) is 3.39. The summed E-state index contributed by atoms with van der Waals surface area (Å²) in [6, 6.07) is 0. The minimum atomic E-state index is -2.92. The van der Waals surface area contributed by atoms with Crippen molar-refractivity contribution in [2.45, 2.75) is 45.5 Å². The van der Waals surface area contributed by atoms with E-state index in [1.165, 1.54) is 0 Å². The number of hydrogen-bond donors (Lipinski definition) is 3. The van der Waals surface area contributed by atoms with E-state index in [9.17, 15) is 8.78 Å². The third kappa shape index (κ3) is 2.84. The fraction of sp³-hybridized carbons (Fsp3) is 0.818. The molecule has 0 amide bonds. The van der Waals surface area contributed by atoms with E-state index in [1.54, 1.807) is 0 Å². The molecule has 0 bridgehead atoms. The molecule has 3 nitrogen and oxygen atoms in total. The van der Waals surface area contributed by atoms with Crippen molar-refractivity contribution in [3.05, 3.63) is 11.4 Å². The van der Waals surface area contributed by atoms with Crippen LogP contribution in [0.2, 0.25) is 0 Å². The van der Waals surface area contributed by atoms with Gasteiger partial charge in [-0.1, -0.05) is 13.8 Å². The molecule has 0 saturated carbocycles. The van der Waals surface area contributed by atoms with Gasteiger partial charge in [-0.05, 0) is 31.1 Å². The smallest absolute Gasteiger partial charge is 0.290 e. The Balaban J connectivity index is 2.89. The molecule has 0 aromatic heterocycles. The van der Waals surface area contributed by atoms with Gasteiger partial charge >= 0.3 is 0 Å². The molecule has 1 atom stereocenters. The van der Waals surface area contributed by atoms with Crippen LogP contribution in [0.25, 0.3) is 0 Å². The van der Waals surface area contributed by atoms with E-state index >= 15 is 0 Å². The lowest BCUT2D eigenvalue weighted by molar-refractivity contribution is 0.0119. The number of hydrogen-bond acceptors (Lipinski definition) is 3. The first-order valence-electron chi connectivity index (χ1n) is 5.72. The van der Waals surface area contributed by atoms with Gasteiger partial charge in [0.05, 0.1) is 0 Å². The molecule has 1 rings (SSSR count). The molecule has 5 N–H and O–H groups in total. The van der Waals surface area contributed by atoms with Crippen LogP contribution in [0, 0.1) is 11.8 Å². The number of rotatable bonds is 2. The van der Waals surface area contributed by atoms with Crippen molar-refractivity contribution in [3.63, 3.8) is 0 Å². The Morgan fingerprint density at radius 2 is 2.00 bits per heavy atom. The van der Waals surface area contributed by atoms with Gasteiger partial charge in [-0.25, -0.2) is 0 Å². The monoisotopic (exact) mass is 233 g/mol. The van der Waals surface area contributed by atoms with Crippen molar-refractivity contribution in [1.29, 1.82) is 0 Å². The second kappa shape index (κ2) is 4.99. The average molecular weight is 233 g/mol. The summed E-state index contributed by atoms with van der Waals surface area (Å²) >= 11 is 0. The van der Waals surface area contributed by atoms with Crippen LogP contribution >= 0.6 is 0 Å². The van der Waals surface area contributed by atoms with Gasteiger partial charge in [0.15, 0.2) is 0 Å². The van der Waals surface area contributed by atoms with E-state index in [0.717, 1.165) is 6.42 Å². The van der Waals surface area contributed by atoms with Crippen LogP contribution in [-0.4, -0.2) is 5.92 Å². The molecule has 0 radical (unpaired) electrons. The van der Waals surface area contributed by atoms with E-state index in [-0.39, 0.29) is 17.8 Å². The molecule has 0 aromatic rings. The maximum atomic E-state index is 13.7. The summed E-state index contributed by atoms with van der Waals surface area (Å²) in [5.74, 6) is 2.91. The highest BCUT2D eigenvalue weighted by molar-refractivity contribution is 5.17. The molecule has 94 valence electrons. The van der Waals surface area contributed by atoms with Gasteiger partial charge in [-0.3, -0.25) is 5.84 Å². The second-order valence-corrected chi connectivity index (χ2v) is 4.83. The second-order valence-electron chi connectivity index (χ2n) is 4.83. The number of halogens is 2. The first kappa shape index (κ1) is 13.2. The normalized spacial score (nSPS) is 31.0. The Morgan fingerprint density at radius 1 is 1.38 bits per heavy atom. The van der Waals surface area contributed by atoms with Crippen LogP contribution in [0.1, 0.15) is 39.5 Å². The molecule has 0 heterocycles. The van der Waals surface area contributed by atoms with Crippen molar-refractivity contribution < 1.29 is 8.78 Å². The highest BCUT2D eigenvalue weighted by atomic mass is 19.3. The van der Waals surface area contributed by atoms with Gasteiger partial charge in [-0.2, -0.15) is 8.78 Å². The van der Waals surface area contributed by atoms with Crippen molar-refractivity contribution in [3.8, 4) is 0 Å². The van der Waals surface area contributed by atoms with Crippen molar-refractivity contribution in [1.82, 2.24) is 5.43 Å². The minimum Gasteiger partial charge on any atom is -0.400 e. The zero-order chi connectivity index (χ0) is 12.3. The average Bonchev–Trinajstić information content (AvgIpc) is 2.15. The highest BCUT2D eigenvalue weighted by Gasteiger charge is 2.38. The largest absolute Gasteiger partial charge is 0.400 e. The Morgan fingerprint density at radius 3 is 2.50 bits per heavy atom. The fourth-order valence-electron chi connectivity index (χ4n) is 2.20. The molecule has 0 saturated heterocycles. The molecule has 1 unspecified atom stereocenters. The minimum absolute atomic E-state index is 0.184.